The lowest BCUT2D eigenvalue weighted by molar-refractivity contribution is -0.122. The highest BCUT2D eigenvalue weighted by Crippen LogP contribution is 2.30. The molecule has 2 aliphatic heterocycles. The number of nitrogens with zero attached hydrogens (tertiary/aromatic N) is 3. The van der Waals surface area contributed by atoms with Gasteiger partial charge in [-0.25, -0.2) is 4.79 Å². The summed E-state index contributed by atoms with van der Waals surface area (Å²) in [5.41, 5.74) is 3.65. The number of piperazine rings is 1. The number of para-hydroxylation sites is 1. The van der Waals surface area contributed by atoms with E-state index in [-0.39, 0.29) is 30.2 Å². The van der Waals surface area contributed by atoms with Crippen LogP contribution in [0.15, 0.2) is 42.5 Å². The van der Waals surface area contributed by atoms with E-state index < -0.39 is 5.92 Å². The number of carbonyl (C=O) groups excluding carboxylic acids is 4. The highest BCUT2D eigenvalue weighted by atomic mass is 16.6. The Morgan fingerprint density at radius 2 is 1.69 bits per heavy atom. The molecule has 1 atom stereocenters. The number of hydrogen-bond donors (Lipinski definition) is 1. The molecule has 2 aromatic rings. The number of hydrogen-bond acceptors (Lipinski definition) is 5. The highest BCUT2D eigenvalue weighted by Gasteiger charge is 2.36. The summed E-state index contributed by atoms with van der Waals surface area (Å²) < 4.78 is 5.04. The number of benzene rings is 2. The fraction of sp³-hybridized carbons (Fsp3) is 0.407. The Morgan fingerprint density at radius 3 is 2.42 bits per heavy atom. The third kappa shape index (κ3) is 5.35. The van der Waals surface area contributed by atoms with Gasteiger partial charge in [0.1, 0.15) is 0 Å². The molecule has 0 radical (unpaired) electrons. The number of anilines is 2. The predicted molar refractivity (Wildman–Crippen MR) is 136 cm³/mol. The van der Waals surface area contributed by atoms with Crippen molar-refractivity contribution in [3.8, 4) is 0 Å². The Morgan fingerprint density at radius 1 is 1.00 bits per heavy atom. The van der Waals surface area contributed by atoms with Gasteiger partial charge in [-0.3, -0.25) is 14.4 Å². The lowest BCUT2D eigenvalue weighted by Gasteiger charge is -2.34. The quantitative estimate of drug-likeness (QED) is 0.691. The smallest absolute Gasteiger partial charge is 0.409 e. The molecule has 9 heteroatoms. The highest BCUT2D eigenvalue weighted by molar-refractivity contribution is 6.07. The maximum atomic E-state index is 13.3. The molecule has 0 aliphatic carbocycles. The van der Waals surface area contributed by atoms with Crippen molar-refractivity contribution in [2.24, 2.45) is 5.92 Å². The molecule has 4 amide bonds. The molecule has 190 valence electrons. The number of nitrogens with one attached hydrogen (secondary N) is 1. The second kappa shape index (κ2) is 10.8. The van der Waals surface area contributed by atoms with Crippen molar-refractivity contribution in [1.29, 1.82) is 0 Å². The van der Waals surface area contributed by atoms with Gasteiger partial charge in [0, 0.05) is 44.8 Å². The van der Waals surface area contributed by atoms with Crippen molar-refractivity contribution in [1.82, 2.24) is 9.80 Å². The first-order chi connectivity index (χ1) is 17.3. The summed E-state index contributed by atoms with van der Waals surface area (Å²) in [6.07, 6.45) is -0.260. The molecule has 0 saturated carbocycles. The van der Waals surface area contributed by atoms with Crippen LogP contribution in [0.2, 0.25) is 0 Å². The van der Waals surface area contributed by atoms with Gasteiger partial charge < -0.3 is 24.8 Å². The summed E-state index contributed by atoms with van der Waals surface area (Å²) in [6, 6.07) is 12.8. The van der Waals surface area contributed by atoms with Gasteiger partial charge in [0.25, 0.3) is 5.91 Å². The van der Waals surface area contributed by atoms with Crippen LogP contribution in [0.3, 0.4) is 0 Å². The Bertz CT molecular complexity index is 1170. The first-order valence-electron chi connectivity index (χ1n) is 12.3. The number of ether oxygens (including phenoxy) is 1. The van der Waals surface area contributed by atoms with Crippen LogP contribution in [-0.2, 0) is 14.3 Å². The van der Waals surface area contributed by atoms with E-state index >= 15 is 0 Å². The normalized spacial score (nSPS) is 17.8. The molecule has 2 aromatic carbocycles. The Balaban J connectivity index is 1.42. The average Bonchev–Trinajstić information content (AvgIpc) is 3.27. The molecular formula is C27H32N4O5. The number of carbonyl (C=O) groups is 4. The summed E-state index contributed by atoms with van der Waals surface area (Å²) in [6.45, 7) is 7.80. The molecule has 0 bridgehead atoms. The van der Waals surface area contributed by atoms with Crippen LogP contribution < -0.4 is 10.2 Å². The fourth-order valence-electron chi connectivity index (χ4n) is 4.62. The molecule has 4 rings (SSSR count). The van der Waals surface area contributed by atoms with Gasteiger partial charge in [0.2, 0.25) is 11.8 Å². The number of rotatable bonds is 5. The zero-order chi connectivity index (χ0) is 25.8. The van der Waals surface area contributed by atoms with Crippen molar-refractivity contribution >= 4 is 35.2 Å². The average molecular weight is 493 g/mol. The van der Waals surface area contributed by atoms with Gasteiger partial charge in [0.05, 0.1) is 23.8 Å². The van der Waals surface area contributed by atoms with E-state index in [0.717, 1.165) is 16.8 Å². The van der Waals surface area contributed by atoms with Gasteiger partial charge >= 0.3 is 6.09 Å². The maximum absolute atomic E-state index is 13.3. The summed E-state index contributed by atoms with van der Waals surface area (Å²) in [5.74, 6) is -1.11. The molecule has 2 fully saturated rings. The number of aryl methyl sites for hydroxylation is 2. The maximum Gasteiger partial charge on any atom is 0.409 e. The SMILES string of the molecule is CCOC(=O)N1CCN(C(=O)c2ccccc2NC(=O)C2CC(=O)N(c3cc(C)ccc3C)C2)CC1. The van der Waals surface area contributed by atoms with Crippen LogP contribution in [0, 0.1) is 19.8 Å². The summed E-state index contributed by atoms with van der Waals surface area (Å²) >= 11 is 0. The van der Waals surface area contributed by atoms with Gasteiger partial charge in [-0.15, -0.1) is 0 Å². The van der Waals surface area contributed by atoms with Crippen molar-refractivity contribution in [2.75, 3.05) is 49.5 Å². The van der Waals surface area contributed by atoms with E-state index in [1.165, 1.54) is 0 Å². The van der Waals surface area contributed by atoms with E-state index in [1.54, 1.807) is 45.9 Å². The van der Waals surface area contributed by atoms with E-state index in [2.05, 4.69) is 5.32 Å². The molecule has 36 heavy (non-hydrogen) atoms. The topological polar surface area (TPSA) is 99.3 Å². The molecule has 2 aliphatic rings. The molecule has 9 nitrogen and oxygen atoms in total. The Labute approximate surface area is 211 Å². The summed E-state index contributed by atoms with van der Waals surface area (Å²) in [4.78, 5) is 56.0. The first-order valence-corrected chi connectivity index (χ1v) is 12.3. The van der Waals surface area contributed by atoms with Crippen molar-refractivity contribution < 1.29 is 23.9 Å². The third-order valence-corrected chi connectivity index (χ3v) is 6.66. The monoisotopic (exact) mass is 492 g/mol. The lowest BCUT2D eigenvalue weighted by atomic mass is 10.1. The molecule has 1 N–H and O–H groups in total. The molecular weight excluding hydrogens is 460 g/mol. The van der Waals surface area contributed by atoms with E-state index in [9.17, 15) is 19.2 Å². The van der Waals surface area contributed by atoms with E-state index in [4.69, 9.17) is 4.74 Å². The minimum Gasteiger partial charge on any atom is -0.450 e. The van der Waals surface area contributed by atoms with Crippen molar-refractivity contribution in [3.05, 3.63) is 59.2 Å². The Kier molecular flexibility index (Phi) is 7.57. The second-order valence-electron chi connectivity index (χ2n) is 9.21. The zero-order valence-corrected chi connectivity index (χ0v) is 21.0. The van der Waals surface area contributed by atoms with E-state index in [1.807, 2.05) is 32.0 Å². The van der Waals surface area contributed by atoms with Crippen LogP contribution in [0.4, 0.5) is 16.2 Å². The lowest BCUT2D eigenvalue weighted by Crippen LogP contribution is -2.50. The number of amides is 4. The van der Waals surface area contributed by atoms with Crippen LogP contribution >= 0.6 is 0 Å². The van der Waals surface area contributed by atoms with Gasteiger partial charge in [-0.05, 0) is 50.1 Å². The van der Waals surface area contributed by atoms with E-state index in [0.29, 0.717) is 50.6 Å². The van der Waals surface area contributed by atoms with Crippen LogP contribution in [0.1, 0.15) is 34.8 Å². The van der Waals surface area contributed by atoms with Crippen molar-refractivity contribution in [3.63, 3.8) is 0 Å². The van der Waals surface area contributed by atoms with Crippen LogP contribution in [0.5, 0.6) is 0 Å². The molecule has 1 unspecified atom stereocenters. The van der Waals surface area contributed by atoms with Gasteiger partial charge in [0.15, 0.2) is 0 Å². The molecule has 2 heterocycles. The minimum atomic E-state index is -0.520. The van der Waals surface area contributed by atoms with Gasteiger partial charge in [-0.2, -0.15) is 0 Å². The first kappa shape index (κ1) is 25.2. The fourth-order valence-corrected chi connectivity index (χ4v) is 4.62. The summed E-state index contributed by atoms with van der Waals surface area (Å²) in [7, 11) is 0. The molecule has 0 aromatic heterocycles. The third-order valence-electron chi connectivity index (χ3n) is 6.66. The van der Waals surface area contributed by atoms with Crippen molar-refractivity contribution in [2.45, 2.75) is 27.2 Å². The largest absolute Gasteiger partial charge is 0.450 e. The summed E-state index contributed by atoms with van der Waals surface area (Å²) in [5, 5.41) is 2.88. The zero-order valence-electron chi connectivity index (χ0n) is 21.0. The molecule has 2 saturated heterocycles. The van der Waals surface area contributed by atoms with Gasteiger partial charge in [-0.1, -0.05) is 24.3 Å². The molecule has 0 spiro atoms. The second-order valence-corrected chi connectivity index (χ2v) is 9.21. The van der Waals surface area contributed by atoms with Crippen LogP contribution in [0.25, 0.3) is 0 Å². The predicted octanol–water partition coefficient (Wildman–Crippen LogP) is 3.21. The standard InChI is InChI=1S/C27H32N4O5/c1-4-36-27(35)30-13-11-29(12-14-30)26(34)21-7-5-6-8-22(21)28-25(33)20-16-24(32)31(17-20)23-15-18(2)9-10-19(23)3/h5-10,15,20H,4,11-14,16-17H2,1-3H3,(H,28,33). The Hall–Kier alpha value is -3.88. The van der Waals surface area contributed by atoms with Crippen LogP contribution in [-0.4, -0.2) is 72.9 Å². The minimum absolute atomic E-state index is 0.0901.